The van der Waals surface area contributed by atoms with Crippen molar-refractivity contribution in [2.45, 2.75) is 65.0 Å². The highest BCUT2D eigenvalue weighted by Gasteiger charge is 2.39. The summed E-state index contributed by atoms with van der Waals surface area (Å²) in [6, 6.07) is 9.40. The molecule has 51 heavy (non-hydrogen) atoms. The predicted octanol–water partition coefficient (Wildman–Crippen LogP) is 5.07. The van der Waals surface area contributed by atoms with Crippen LogP contribution in [0.5, 0.6) is 11.5 Å². The molecule has 0 unspecified atom stereocenters. The number of carbonyl (C=O) groups excluding carboxylic acids is 2. The standard InChI is InChI=1S/C28H35N5O4.2C2HF3O2/c1-4-18-17(15-32-28(35)22-11-8-12-30-22)9-7-10-21(18)33-26-19-13-24(36-5-2)25(37-6-3)14-23(19)31-16-20(26)27(29)34;2*3-2(4,5)1(6)7/h7,9-10,13-14,16,22,30H,4-6,8,11-12,15H2,1-3H3,(H2,29,34)(H,31,33)(H,32,35);2*(H,6,7)/t22-;;/m1../s1. The second-order valence-electron chi connectivity index (χ2n) is 10.5. The SMILES string of the molecule is CCOc1cc2ncc(C(N)=O)c(Nc3cccc(CNC(=O)[C@H]4CCCN4)c3CC)c2cc1OCC.O=C(O)C(F)(F)F.O=C(O)C(F)(F)F. The summed E-state index contributed by atoms with van der Waals surface area (Å²) in [5.74, 6) is -4.93. The zero-order chi connectivity index (χ0) is 38.5. The van der Waals surface area contributed by atoms with Gasteiger partial charge in [0.25, 0.3) is 5.91 Å². The van der Waals surface area contributed by atoms with Crippen molar-refractivity contribution >= 4 is 46.0 Å². The molecule has 1 aliphatic heterocycles. The van der Waals surface area contributed by atoms with Crippen molar-refractivity contribution in [1.29, 1.82) is 0 Å². The lowest BCUT2D eigenvalue weighted by atomic mass is 10.0. The third-order valence-corrected chi connectivity index (χ3v) is 7.00. The zero-order valence-electron chi connectivity index (χ0n) is 27.6. The number of alkyl halides is 6. The molecule has 19 heteroatoms. The van der Waals surface area contributed by atoms with Crippen molar-refractivity contribution in [1.82, 2.24) is 15.6 Å². The second kappa shape index (κ2) is 18.6. The van der Waals surface area contributed by atoms with Crippen LogP contribution >= 0.6 is 0 Å². The number of halogens is 6. The maximum atomic E-state index is 12.5. The maximum Gasteiger partial charge on any atom is 0.490 e. The molecule has 1 aromatic heterocycles. The summed E-state index contributed by atoms with van der Waals surface area (Å²) in [5.41, 5.74) is 10.1. The number of fused-ring (bicyclic) bond motifs is 1. The first kappa shape index (κ1) is 41.8. The van der Waals surface area contributed by atoms with Gasteiger partial charge in [-0.2, -0.15) is 26.3 Å². The molecule has 0 saturated carbocycles. The molecule has 3 aromatic rings. The third kappa shape index (κ3) is 12.2. The van der Waals surface area contributed by atoms with Crippen LogP contribution in [0.1, 0.15) is 55.1 Å². The minimum absolute atomic E-state index is 0.0163. The molecule has 1 atom stereocenters. The minimum Gasteiger partial charge on any atom is -0.490 e. The van der Waals surface area contributed by atoms with Crippen molar-refractivity contribution in [3.8, 4) is 11.5 Å². The summed E-state index contributed by atoms with van der Waals surface area (Å²) < 4.78 is 75.0. The molecule has 13 nitrogen and oxygen atoms in total. The fourth-order valence-electron chi connectivity index (χ4n) is 4.74. The van der Waals surface area contributed by atoms with Crippen LogP contribution in [-0.2, 0) is 27.3 Å². The second-order valence-corrected chi connectivity index (χ2v) is 10.5. The van der Waals surface area contributed by atoms with Crippen LogP contribution in [0.25, 0.3) is 10.9 Å². The summed E-state index contributed by atoms with van der Waals surface area (Å²) in [4.78, 5) is 47.2. The number of rotatable bonds is 11. The van der Waals surface area contributed by atoms with E-state index in [0.717, 1.165) is 42.6 Å². The van der Waals surface area contributed by atoms with Gasteiger partial charge in [0.15, 0.2) is 11.5 Å². The van der Waals surface area contributed by atoms with E-state index >= 15 is 0 Å². The molecule has 2 amide bonds. The lowest BCUT2D eigenvalue weighted by Gasteiger charge is -2.20. The lowest BCUT2D eigenvalue weighted by molar-refractivity contribution is -0.193. The Kier molecular flexibility index (Phi) is 15.3. The predicted molar refractivity (Wildman–Crippen MR) is 172 cm³/mol. The van der Waals surface area contributed by atoms with E-state index in [4.69, 9.17) is 35.0 Å². The monoisotopic (exact) mass is 733 g/mol. The highest BCUT2D eigenvalue weighted by molar-refractivity contribution is 6.08. The number of aliphatic carboxylic acids is 2. The maximum absolute atomic E-state index is 12.5. The molecule has 280 valence electrons. The van der Waals surface area contributed by atoms with Gasteiger partial charge in [-0.1, -0.05) is 19.1 Å². The van der Waals surface area contributed by atoms with E-state index in [-0.39, 0.29) is 17.5 Å². The van der Waals surface area contributed by atoms with Gasteiger partial charge < -0.3 is 41.4 Å². The van der Waals surface area contributed by atoms with Crippen LogP contribution in [-0.4, -0.2) is 77.1 Å². The fraction of sp³-hybridized carbons (Fsp3) is 0.406. The molecule has 4 rings (SSSR count). The number of carbonyl (C=O) groups is 4. The van der Waals surface area contributed by atoms with Crippen LogP contribution in [0, 0.1) is 0 Å². The number of hydrogen-bond donors (Lipinski definition) is 6. The van der Waals surface area contributed by atoms with Gasteiger partial charge in [0.05, 0.1) is 36.0 Å². The molecule has 1 aliphatic rings. The number of benzene rings is 2. The number of nitrogens with zero attached hydrogens (tertiary/aromatic N) is 1. The Labute approximate surface area is 287 Å². The molecular formula is C32H37F6N5O8. The van der Waals surface area contributed by atoms with Gasteiger partial charge in [0.2, 0.25) is 5.91 Å². The number of hydrogen-bond acceptors (Lipinski definition) is 9. The zero-order valence-corrected chi connectivity index (χ0v) is 27.6. The minimum atomic E-state index is -5.08. The Morgan fingerprint density at radius 1 is 0.961 bits per heavy atom. The summed E-state index contributed by atoms with van der Waals surface area (Å²) >= 11 is 0. The first-order valence-corrected chi connectivity index (χ1v) is 15.4. The number of ether oxygens (including phenoxy) is 2. The largest absolute Gasteiger partial charge is 0.490 e. The Bertz CT molecular complexity index is 1670. The smallest absolute Gasteiger partial charge is 0.490 e. The van der Waals surface area contributed by atoms with E-state index in [0.29, 0.717) is 47.8 Å². The van der Waals surface area contributed by atoms with Crippen LogP contribution in [0.4, 0.5) is 37.7 Å². The average molecular weight is 734 g/mol. The number of aromatic nitrogens is 1. The van der Waals surface area contributed by atoms with Crippen LogP contribution in [0.15, 0.2) is 36.5 Å². The first-order chi connectivity index (χ1) is 23.8. The molecule has 0 bridgehead atoms. The van der Waals surface area contributed by atoms with E-state index < -0.39 is 30.2 Å². The van der Waals surface area contributed by atoms with Crippen molar-refractivity contribution in [2.24, 2.45) is 5.73 Å². The first-order valence-electron chi connectivity index (χ1n) is 15.4. The number of anilines is 2. The van der Waals surface area contributed by atoms with Gasteiger partial charge in [-0.3, -0.25) is 14.6 Å². The summed E-state index contributed by atoms with van der Waals surface area (Å²) in [7, 11) is 0. The number of amides is 2. The Hall–Kier alpha value is -5.33. The number of primary amides is 1. The lowest BCUT2D eigenvalue weighted by Crippen LogP contribution is -2.40. The van der Waals surface area contributed by atoms with Gasteiger partial charge >= 0.3 is 24.3 Å². The number of carboxylic acid groups (broad SMARTS) is 2. The van der Waals surface area contributed by atoms with Gasteiger partial charge in [-0.25, -0.2) is 9.59 Å². The van der Waals surface area contributed by atoms with Gasteiger partial charge in [-0.15, -0.1) is 0 Å². The van der Waals surface area contributed by atoms with E-state index in [1.54, 1.807) is 0 Å². The fourth-order valence-corrected chi connectivity index (χ4v) is 4.74. The number of pyridine rings is 1. The van der Waals surface area contributed by atoms with E-state index in [9.17, 15) is 35.9 Å². The molecule has 0 aliphatic carbocycles. The normalized spacial score (nSPS) is 13.9. The molecule has 1 fully saturated rings. The molecule has 2 heterocycles. The highest BCUT2D eigenvalue weighted by Crippen LogP contribution is 2.38. The van der Waals surface area contributed by atoms with E-state index in [1.807, 2.05) is 44.2 Å². The van der Waals surface area contributed by atoms with Gasteiger partial charge in [0, 0.05) is 29.9 Å². The third-order valence-electron chi connectivity index (χ3n) is 7.00. The summed E-state index contributed by atoms with van der Waals surface area (Å²) in [6.45, 7) is 8.10. The van der Waals surface area contributed by atoms with Crippen molar-refractivity contribution < 1.29 is 65.2 Å². The average Bonchev–Trinajstić information content (AvgIpc) is 3.59. The van der Waals surface area contributed by atoms with Crippen molar-refractivity contribution in [3.05, 3.63) is 53.2 Å². The van der Waals surface area contributed by atoms with Gasteiger partial charge in [0.1, 0.15) is 0 Å². The van der Waals surface area contributed by atoms with Crippen LogP contribution in [0.2, 0.25) is 0 Å². The Morgan fingerprint density at radius 3 is 2.00 bits per heavy atom. The summed E-state index contributed by atoms with van der Waals surface area (Å²) in [6.07, 6.45) is -6.10. The Morgan fingerprint density at radius 2 is 1.53 bits per heavy atom. The van der Waals surface area contributed by atoms with Crippen LogP contribution < -0.4 is 31.2 Å². The number of nitrogens with two attached hydrogens (primary N) is 1. The number of nitrogens with one attached hydrogen (secondary N) is 3. The summed E-state index contributed by atoms with van der Waals surface area (Å²) in [5, 5.41) is 24.7. The van der Waals surface area contributed by atoms with E-state index in [2.05, 4.69) is 27.9 Å². The quantitative estimate of drug-likeness (QED) is 0.144. The van der Waals surface area contributed by atoms with Crippen LogP contribution in [0.3, 0.4) is 0 Å². The molecule has 0 spiro atoms. The molecule has 0 radical (unpaired) electrons. The molecular weight excluding hydrogens is 696 g/mol. The molecule has 7 N–H and O–H groups in total. The molecule has 2 aromatic carbocycles. The topological polar surface area (TPSA) is 202 Å². The highest BCUT2D eigenvalue weighted by atomic mass is 19.4. The van der Waals surface area contributed by atoms with Gasteiger partial charge in [-0.05, 0) is 62.9 Å². The van der Waals surface area contributed by atoms with Crippen molar-refractivity contribution in [2.75, 3.05) is 25.1 Å². The Balaban J connectivity index is 0.000000543. The number of carboxylic acids is 2. The van der Waals surface area contributed by atoms with E-state index in [1.165, 1.54) is 6.20 Å². The van der Waals surface area contributed by atoms with Crippen molar-refractivity contribution in [3.63, 3.8) is 0 Å². The molecule has 1 saturated heterocycles.